The van der Waals surface area contributed by atoms with Crippen LogP contribution in [0.15, 0.2) is 65.9 Å². The Balaban J connectivity index is 1.90. The zero-order chi connectivity index (χ0) is 21.7. The second kappa shape index (κ2) is 9.72. The Morgan fingerprint density at radius 1 is 1.10 bits per heavy atom. The minimum Gasteiger partial charge on any atom is -0.503 e. The summed E-state index contributed by atoms with van der Waals surface area (Å²) in [6, 6.07) is 17.0. The van der Waals surface area contributed by atoms with Gasteiger partial charge in [-0.3, -0.25) is 9.59 Å². The molecule has 0 spiro atoms. The Morgan fingerprint density at radius 3 is 2.37 bits per heavy atom. The highest BCUT2D eigenvalue weighted by Gasteiger charge is 2.42. The predicted molar refractivity (Wildman–Crippen MR) is 116 cm³/mol. The summed E-state index contributed by atoms with van der Waals surface area (Å²) in [6.45, 7) is 4.85. The molecular weight excluding hydrogens is 378 g/mol. The van der Waals surface area contributed by atoms with Crippen LogP contribution >= 0.6 is 0 Å². The van der Waals surface area contributed by atoms with E-state index >= 15 is 0 Å². The molecule has 0 aromatic heterocycles. The number of Topliss-reactive ketones (excluding diaryl/α,β-unsaturated/α-hetero) is 1. The Labute approximate surface area is 178 Å². The van der Waals surface area contributed by atoms with Gasteiger partial charge in [0, 0.05) is 20.1 Å². The van der Waals surface area contributed by atoms with Gasteiger partial charge in [-0.25, -0.2) is 0 Å². The molecule has 0 saturated carbocycles. The first-order valence-electron chi connectivity index (χ1n) is 10.3. The number of amides is 1. The SMILES string of the molecule is COCCN1C(=O)C(O)=C(C(=O)CCc2ccccc2)C1c1ccc(C(C)C)cc1. The monoisotopic (exact) mass is 407 g/mol. The highest BCUT2D eigenvalue weighted by atomic mass is 16.5. The number of aliphatic hydroxyl groups is 1. The molecule has 1 atom stereocenters. The van der Waals surface area contributed by atoms with Crippen molar-refractivity contribution >= 4 is 11.7 Å². The number of aliphatic hydroxyl groups excluding tert-OH is 1. The fourth-order valence-corrected chi connectivity index (χ4v) is 3.81. The molecule has 2 aromatic rings. The average molecular weight is 408 g/mol. The second-order valence-corrected chi connectivity index (χ2v) is 7.89. The van der Waals surface area contributed by atoms with E-state index in [1.165, 1.54) is 10.5 Å². The van der Waals surface area contributed by atoms with Crippen molar-refractivity contribution in [2.75, 3.05) is 20.3 Å². The van der Waals surface area contributed by atoms with Crippen molar-refractivity contribution in [1.82, 2.24) is 4.90 Å². The molecule has 0 bridgehead atoms. The van der Waals surface area contributed by atoms with Crippen LogP contribution < -0.4 is 0 Å². The number of benzene rings is 2. The lowest BCUT2D eigenvalue weighted by Crippen LogP contribution is -2.34. The van der Waals surface area contributed by atoms with Crippen LogP contribution in [0.25, 0.3) is 0 Å². The topological polar surface area (TPSA) is 66.8 Å². The van der Waals surface area contributed by atoms with Crippen molar-refractivity contribution in [2.45, 2.75) is 38.6 Å². The number of ether oxygens (including phenoxy) is 1. The van der Waals surface area contributed by atoms with Crippen molar-refractivity contribution < 1.29 is 19.4 Å². The summed E-state index contributed by atoms with van der Waals surface area (Å²) < 4.78 is 5.14. The van der Waals surface area contributed by atoms with Crippen LogP contribution in [-0.2, 0) is 20.7 Å². The van der Waals surface area contributed by atoms with Gasteiger partial charge < -0.3 is 14.7 Å². The zero-order valence-corrected chi connectivity index (χ0v) is 17.8. The van der Waals surface area contributed by atoms with E-state index in [9.17, 15) is 14.7 Å². The molecule has 0 radical (unpaired) electrons. The van der Waals surface area contributed by atoms with Gasteiger partial charge in [0.1, 0.15) is 0 Å². The summed E-state index contributed by atoms with van der Waals surface area (Å²) >= 11 is 0. The average Bonchev–Trinajstić information content (AvgIpc) is 3.01. The minimum atomic E-state index is -0.600. The van der Waals surface area contributed by atoms with Crippen molar-refractivity contribution in [3.05, 3.63) is 82.6 Å². The second-order valence-electron chi connectivity index (χ2n) is 7.89. The number of hydrogen-bond acceptors (Lipinski definition) is 4. The summed E-state index contributed by atoms with van der Waals surface area (Å²) in [4.78, 5) is 27.4. The van der Waals surface area contributed by atoms with Gasteiger partial charge in [-0.1, -0.05) is 68.4 Å². The summed E-state index contributed by atoms with van der Waals surface area (Å²) in [5.74, 6) is -0.789. The number of carbonyl (C=O) groups is 2. The van der Waals surface area contributed by atoms with Crippen LogP contribution in [0.2, 0.25) is 0 Å². The van der Waals surface area contributed by atoms with E-state index in [1.807, 2.05) is 54.6 Å². The van der Waals surface area contributed by atoms with Crippen LogP contribution in [0.5, 0.6) is 0 Å². The Morgan fingerprint density at radius 2 is 1.77 bits per heavy atom. The zero-order valence-electron chi connectivity index (χ0n) is 17.8. The van der Waals surface area contributed by atoms with Gasteiger partial charge in [-0.2, -0.15) is 0 Å². The maximum absolute atomic E-state index is 13.1. The number of hydrogen-bond donors (Lipinski definition) is 1. The molecule has 1 aliphatic heterocycles. The molecule has 1 N–H and O–H groups in total. The van der Waals surface area contributed by atoms with Gasteiger partial charge in [0.2, 0.25) is 0 Å². The lowest BCUT2D eigenvalue weighted by Gasteiger charge is -2.27. The Kier molecular flexibility index (Phi) is 7.06. The van der Waals surface area contributed by atoms with Crippen molar-refractivity contribution in [1.29, 1.82) is 0 Å². The molecule has 30 heavy (non-hydrogen) atoms. The van der Waals surface area contributed by atoms with Gasteiger partial charge >= 0.3 is 0 Å². The molecule has 0 saturated heterocycles. The number of aryl methyl sites for hydroxylation is 1. The molecule has 1 unspecified atom stereocenters. The maximum atomic E-state index is 13.1. The molecule has 2 aromatic carbocycles. The third-order valence-corrected chi connectivity index (χ3v) is 5.54. The summed E-state index contributed by atoms with van der Waals surface area (Å²) in [6.07, 6.45) is 0.789. The van der Waals surface area contributed by atoms with Crippen molar-refractivity contribution in [3.63, 3.8) is 0 Å². The highest BCUT2D eigenvalue weighted by molar-refractivity contribution is 6.09. The standard InChI is InChI=1S/C25H29NO4/c1-17(2)19-10-12-20(13-11-19)23-22(24(28)25(29)26(23)15-16-30-3)21(27)14-9-18-7-5-4-6-8-18/h4-8,10-13,17,23,28H,9,14-16H2,1-3H3. The molecule has 0 fully saturated rings. The lowest BCUT2D eigenvalue weighted by atomic mass is 9.91. The number of nitrogens with zero attached hydrogens (tertiary/aromatic N) is 1. The van der Waals surface area contributed by atoms with Crippen molar-refractivity contribution in [3.8, 4) is 0 Å². The van der Waals surface area contributed by atoms with Gasteiger partial charge in [-0.05, 0) is 29.0 Å². The van der Waals surface area contributed by atoms with E-state index in [-0.39, 0.29) is 17.8 Å². The minimum absolute atomic E-state index is 0.185. The molecule has 158 valence electrons. The number of rotatable bonds is 9. The fourth-order valence-electron chi connectivity index (χ4n) is 3.81. The molecule has 1 heterocycles. The Bertz CT molecular complexity index is 916. The van der Waals surface area contributed by atoms with E-state index in [4.69, 9.17) is 4.74 Å². The molecular formula is C25H29NO4. The molecule has 5 heteroatoms. The van der Waals surface area contributed by atoms with Crippen LogP contribution in [0.1, 0.15) is 48.9 Å². The van der Waals surface area contributed by atoms with E-state index in [1.54, 1.807) is 7.11 Å². The number of ketones is 1. The number of carbonyl (C=O) groups excluding carboxylic acids is 2. The molecule has 1 aliphatic rings. The third-order valence-electron chi connectivity index (χ3n) is 5.54. The van der Waals surface area contributed by atoms with Gasteiger partial charge in [0.05, 0.1) is 18.2 Å². The van der Waals surface area contributed by atoms with E-state index in [2.05, 4.69) is 13.8 Å². The van der Waals surface area contributed by atoms with Gasteiger partial charge in [0.25, 0.3) is 5.91 Å². The fraction of sp³-hybridized carbons (Fsp3) is 0.360. The molecule has 0 aliphatic carbocycles. The summed E-state index contributed by atoms with van der Waals surface area (Å²) in [5, 5.41) is 10.6. The lowest BCUT2D eigenvalue weighted by molar-refractivity contribution is -0.130. The van der Waals surface area contributed by atoms with Gasteiger partial charge in [0.15, 0.2) is 11.5 Å². The first-order chi connectivity index (χ1) is 14.4. The Hall–Kier alpha value is -2.92. The largest absolute Gasteiger partial charge is 0.503 e. The molecule has 3 rings (SSSR count). The summed E-state index contributed by atoms with van der Waals surface area (Å²) in [5.41, 5.74) is 3.22. The third kappa shape index (κ3) is 4.62. The van der Waals surface area contributed by atoms with Crippen LogP contribution in [0.3, 0.4) is 0 Å². The highest BCUT2D eigenvalue weighted by Crippen LogP contribution is 2.38. The van der Waals surface area contributed by atoms with Crippen LogP contribution in [0, 0.1) is 0 Å². The first-order valence-corrected chi connectivity index (χ1v) is 10.3. The smallest absolute Gasteiger partial charge is 0.290 e. The van der Waals surface area contributed by atoms with E-state index in [0.29, 0.717) is 25.5 Å². The normalized spacial score (nSPS) is 16.6. The predicted octanol–water partition coefficient (Wildman–Crippen LogP) is 4.35. The first kappa shape index (κ1) is 21.8. The van der Waals surface area contributed by atoms with E-state index < -0.39 is 17.7 Å². The molecule has 5 nitrogen and oxygen atoms in total. The van der Waals surface area contributed by atoms with Crippen LogP contribution in [0.4, 0.5) is 0 Å². The number of methoxy groups -OCH3 is 1. The molecule has 1 amide bonds. The van der Waals surface area contributed by atoms with Crippen molar-refractivity contribution in [2.24, 2.45) is 0 Å². The summed E-state index contributed by atoms with van der Waals surface area (Å²) in [7, 11) is 1.56. The quantitative estimate of drug-likeness (QED) is 0.671. The van der Waals surface area contributed by atoms with E-state index in [0.717, 1.165) is 11.1 Å². The van der Waals surface area contributed by atoms with Gasteiger partial charge in [-0.15, -0.1) is 0 Å². The maximum Gasteiger partial charge on any atom is 0.290 e. The van der Waals surface area contributed by atoms with Crippen LogP contribution in [-0.4, -0.2) is 42.0 Å².